The standard InChI is InChI=1S/C20H22N4O2S/c1-13(2)25-17-6-4-5-16(11-17)22-20(27)21-12-18-23-19(24-26-18)15-9-7-14(3)8-10-15/h4-11,13H,12H2,1-3H3,(H2,21,22,27). The fraction of sp³-hybridized carbons (Fsp3) is 0.250. The summed E-state index contributed by atoms with van der Waals surface area (Å²) in [6, 6.07) is 15.6. The normalized spacial score (nSPS) is 10.7. The predicted octanol–water partition coefficient (Wildman–Crippen LogP) is 4.32. The van der Waals surface area contributed by atoms with Crippen molar-refractivity contribution in [2.24, 2.45) is 0 Å². The number of hydrogen-bond donors (Lipinski definition) is 2. The molecule has 0 spiro atoms. The number of aryl methyl sites for hydroxylation is 1. The Morgan fingerprint density at radius 3 is 2.70 bits per heavy atom. The van der Waals surface area contributed by atoms with E-state index in [-0.39, 0.29) is 6.10 Å². The number of nitrogens with zero attached hydrogens (tertiary/aromatic N) is 2. The van der Waals surface area contributed by atoms with Crippen molar-refractivity contribution in [2.45, 2.75) is 33.4 Å². The van der Waals surface area contributed by atoms with Gasteiger partial charge in [-0.25, -0.2) is 0 Å². The molecule has 0 aliphatic rings. The van der Waals surface area contributed by atoms with E-state index in [1.54, 1.807) is 0 Å². The number of ether oxygens (including phenoxy) is 1. The highest BCUT2D eigenvalue weighted by atomic mass is 32.1. The van der Waals surface area contributed by atoms with Gasteiger partial charge in [0, 0.05) is 17.3 Å². The van der Waals surface area contributed by atoms with Crippen molar-refractivity contribution >= 4 is 23.0 Å². The van der Waals surface area contributed by atoms with Gasteiger partial charge in [0.2, 0.25) is 11.7 Å². The molecule has 0 aliphatic heterocycles. The molecule has 0 amide bonds. The zero-order valence-electron chi connectivity index (χ0n) is 15.5. The SMILES string of the molecule is Cc1ccc(-c2noc(CNC(=S)Nc3cccc(OC(C)C)c3)n2)cc1. The second-order valence-electron chi connectivity index (χ2n) is 6.38. The fourth-order valence-corrected chi connectivity index (χ4v) is 2.59. The van der Waals surface area contributed by atoms with E-state index in [0.717, 1.165) is 17.0 Å². The molecule has 3 aromatic rings. The Bertz CT molecular complexity index is 906. The topological polar surface area (TPSA) is 72.2 Å². The highest BCUT2D eigenvalue weighted by Gasteiger charge is 2.09. The van der Waals surface area contributed by atoms with Crippen LogP contribution in [0.25, 0.3) is 11.4 Å². The van der Waals surface area contributed by atoms with E-state index in [0.29, 0.717) is 23.4 Å². The molecule has 0 radical (unpaired) electrons. The largest absolute Gasteiger partial charge is 0.491 e. The second-order valence-corrected chi connectivity index (χ2v) is 6.79. The maximum Gasteiger partial charge on any atom is 0.246 e. The Labute approximate surface area is 163 Å². The molecule has 1 heterocycles. The van der Waals surface area contributed by atoms with Gasteiger partial charge in [0.05, 0.1) is 12.6 Å². The summed E-state index contributed by atoms with van der Waals surface area (Å²) in [4.78, 5) is 4.39. The lowest BCUT2D eigenvalue weighted by Crippen LogP contribution is -2.28. The minimum Gasteiger partial charge on any atom is -0.491 e. The van der Waals surface area contributed by atoms with Gasteiger partial charge in [-0.3, -0.25) is 0 Å². The molecule has 27 heavy (non-hydrogen) atoms. The van der Waals surface area contributed by atoms with Crippen LogP contribution in [0.5, 0.6) is 5.75 Å². The van der Waals surface area contributed by atoms with Crippen LogP contribution in [0.2, 0.25) is 0 Å². The summed E-state index contributed by atoms with van der Waals surface area (Å²) in [6.45, 7) is 6.35. The number of nitrogens with one attached hydrogen (secondary N) is 2. The maximum atomic E-state index is 5.68. The van der Waals surface area contributed by atoms with E-state index >= 15 is 0 Å². The molecule has 6 nitrogen and oxygen atoms in total. The fourth-order valence-electron chi connectivity index (χ4n) is 2.40. The van der Waals surface area contributed by atoms with Gasteiger partial charge in [-0.15, -0.1) is 0 Å². The van der Waals surface area contributed by atoms with E-state index < -0.39 is 0 Å². The quantitative estimate of drug-likeness (QED) is 0.615. The van der Waals surface area contributed by atoms with E-state index in [2.05, 4.69) is 20.8 Å². The molecule has 0 aliphatic carbocycles. The van der Waals surface area contributed by atoms with Crippen LogP contribution < -0.4 is 15.4 Å². The van der Waals surface area contributed by atoms with E-state index in [4.69, 9.17) is 21.5 Å². The summed E-state index contributed by atoms with van der Waals surface area (Å²) in [6.07, 6.45) is 0.116. The average Bonchev–Trinajstić information content (AvgIpc) is 3.09. The van der Waals surface area contributed by atoms with Crippen molar-refractivity contribution in [3.63, 3.8) is 0 Å². The molecule has 3 rings (SSSR count). The highest BCUT2D eigenvalue weighted by molar-refractivity contribution is 7.80. The number of rotatable bonds is 6. The van der Waals surface area contributed by atoms with Crippen molar-refractivity contribution < 1.29 is 9.26 Å². The maximum absolute atomic E-state index is 5.68. The summed E-state index contributed by atoms with van der Waals surface area (Å²) in [5.41, 5.74) is 2.94. The molecular formula is C20H22N4O2S. The summed E-state index contributed by atoms with van der Waals surface area (Å²) in [7, 11) is 0. The van der Waals surface area contributed by atoms with Gasteiger partial charge in [0.1, 0.15) is 5.75 Å². The highest BCUT2D eigenvalue weighted by Crippen LogP contribution is 2.19. The van der Waals surface area contributed by atoms with Crippen LogP contribution in [0.1, 0.15) is 25.3 Å². The number of anilines is 1. The molecule has 0 saturated carbocycles. The van der Waals surface area contributed by atoms with Gasteiger partial charge < -0.3 is 19.9 Å². The monoisotopic (exact) mass is 382 g/mol. The summed E-state index contributed by atoms with van der Waals surface area (Å²) >= 11 is 5.33. The summed E-state index contributed by atoms with van der Waals surface area (Å²) in [5, 5.41) is 10.7. The minimum atomic E-state index is 0.116. The summed E-state index contributed by atoms with van der Waals surface area (Å²) in [5.74, 6) is 1.81. The zero-order valence-corrected chi connectivity index (χ0v) is 16.3. The third kappa shape index (κ3) is 5.52. The lowest BCUT2D eigenvalue weighted by Gasteiger charge is -2.12. The molecule has 0 saturated heterocycles. The molecule has 0 fully saturated rings. The van der Waals surface area contributed by atoms with Crippen LogP contribution in [0.4, 0.5) is 5.69 Å². The first-order chi connectivity index (χ1) is 13.0. The third-order valence-electron chi connectivity index (χ3n) is 3.64. The van der Waals surface area contributed by atoms with Gasteiger partial charge in [-0.2, -0.15) is 4.98 Å². The van der Waals surface area contributed by atoms with Gasteiger partial charge in [-0.1, -0.05) is 41.1 Å². The Hall–Kier alpha value is -2.93. The van der Waals surface area contributed by atoms with Gasteiger partial charge in [-0.05, 0) is 45.1 Å². The first-order valence-corrected chi connectivity index (χ1v) is 9.11. The van der Waals surface area contributed by atoms with Crippen LogP contribution in [0, 0.1) is 6.92 Å². The Morgan fingerprint density at radius 2 is 1.96 bits per heavy atom. The van der Waals surface area contributed by atoms with Crippen LogP contribution >= 0.6 is 12.2 Å². The first kappa shape index (κ1) is 18.8. The van der Waals surface area contributed by atoms with Crippen LogP contribution in [0.3, 0.4) is 0 Å². The average molecular weight is 382 g/mol. The first-order valence-electron chi connectivity index (χ1n) is 8.71. The van der Waals surface area contributed by atoms with Crippen molar-refractivity contribution in [1.29, 1.82) is 0 Å². The molecule has 140 valence electrons. The van der Waals surface area contributed by atoms with Crippen molar-refractivity contribution in [3.05, 3.63) is 60.0 Å². The van der Waals surface area contributed by atoms with Crippen LogP contribution in [-0.2, 0) is 6.54 Å². The minimum absolute atomic E-state index is 0.116. The van der Waals surface area contributed by atoms with Crippen LogP contribution in [0.15, 0.2) is 53.1 Å². The predicted molar refractivity (Wildman–Crippen MR) is 110 cm³/mol. The van der Waals surface area contributed by atoms with E-state index in [1.165, 1.54) is 5.56 Å². The lowest BCUT2D eigenvalue weighted by atomic mass is 10.1. The lowest BCUT2D eigenvalue weighted by molar-refractivity contribution is 0.242. The van der Waals surface area contributed by atoms with Crippen molar-refractivity contribution in [1.82, 2.24) is 15.5 Å². The Balaban J connectivity index is 1.54. The Kier molecular flexibility index (Phi) is 6.03. The third-order valence-corrected chi connectivity index (χ3v) is 3.89. The Morgan fingerprint density at radius 1 is 1.19 bits per heavy atom. The molecule has 0 bridgehead atoms. The molecule has 2 aromatic carbocycles. The van der Waals surface area contributed by atoms with E-state index in [1.807, 2.05) is 69.3 Å². The van der Waals surface area contributed by atoms with Gasteiger partial charge >= 0.3 is 0 Å². The van der Waals surface area contributed by atoms with Crippen molar-refractivity contribution in [2.75, 3.05) is 5.32 Å². The zero-order chi connectivity index (χ0) is 19.2. The number of hydrogen-bond acceptors (Lipinski definition) is 5. The van der Waals surface area contributed by atoms with Gasteiger partial charge in [0.25, 0.3) is 0 Å². The molecule has 2 N–H and O–H groups in total. The number of aromatic nitrogens is 2. The number of benzene rings is 2. The smallest absolute Gasteiger partial charge is 0.246 e. The molecule has 7 heteroatoms. The number of thiocarbonyl (C=S) groups is 1. The molecule has 0 unspecified atom stereocenters. The van der Waals surface area contributed by atoms with E-state index in [9.17, 15) is 0 Å². The molecule has 0 atom stereocenters. The van der Waals surface area contributed by atoms with Crippen molar-refractivity contribution in [3.8, 4) is 17.1 Å². The summed E-state index contributed by atoms with van der Waals surface area (Å²) < 4.78 is 11.0. The second kappa shape index (κ2) is 8.64. The van der Waals surface area contributed by atoms with Crippen LogP contribution in [-0.4, -0.2) is 21.4 Å². The van der Waals surface area contributed by atoms with Gasteiger partial charge in [0.15, 0.2) is 5.11 Å². The molecule has 1 aromatic heterocycles. The molecular weight excluding hydrogens is 360 g/mol.